The Bertz CT molecular complexity index is 588. The highest BCUT2D eigenvalue weighted by atomic mass is 32.2. The number of nitrogens with zero attached hydrogens (tertiary/aromatic N) is 2. The molecular formula is C9H11N5O2S2. The number of thiazole rings is 1. The number of carbonyl (C=O) groups is 1. The first-order valence-electron chi connectivity index (χ1n) is 5.08. The van der Waals surface area contributed by atoms with E-state index < -0.39 is 0 Å². The average molecular weight is 285 g/mol. The molecule has 0 aliphatic rings. The maximum atomic E-state index is 11.5. The summed E-state index contributed by atoms with van der Waals surface area (Å²) in [6, 6.07) is 0. The number of H-pyrrole nitrogens is 2. The van der Waals surface area contributed by atoms with Gasteiger partial charge in [0, 0.05) is 11.1 Å². The van der Waals surface area contributed by atoms with Crippen molar-refractivity contribution in [3.63, 3.8) is 0 Å². The summed E-state index contributed by atoms with van der Waals surface area (Å²) in [6.07, 6.45) is 0. The van der Waals surface area contributed by atoms with E-state index in [0.717, 1.165) is 10.0 Å². The number of aromatic amines is 2. The molecule has 2 rings (SSSR count). The fraction of sp³-hybridized carbons (Fsp3) is 0.333. The Morgan fingerprint density at radius 2 is 2.44 bits per heavy atom. The van der Waals surface area contributed by atoms with Crippen LogP contribution in [0.5, 0.6) is 0 Å². The highest BCUT2D eigenvalue weighted by Crippen LogP contribution is 2.21. The third-order valence-corrected chi connectivity index (χ3v) is 4.07. The Morgan fingerprint density at radius 3 is 3.06 bits per heavy atom. The molecule has 96 valence electrons. The standard InChI is InChI=1S/C9H11N5O2S2/c1-5-3-17-9(11-5)18-4-7(15)10-2-6-12-8(16)14-13-6/h3H,2,4H2,1H3,(H,10,15)(H2,12,13,14,16). The van der Waals surface area contributed by atoms with Gasteiger partial charge in [-0.3, -0.25) is 9.78 Å². The summed E-state index contributed by atoms with van der Waals surface area (Å²) in [6.45, 7) is 2.11. The number of amides is 1. The van der Waals surface area contributed by atoms with Crippen molar-refractivity contribution in [2.75, 3.05) is 5.75 Å². The molecule has 0 fully saturated rings. The van der Waals surface area contributed by atoms with Crippen molar-refractivity contribution in [3.8, 4) is 0 Å². The van der Waals surface area contributed by atoms with E-state index in [2.05, 4.69) is 25.5 Å². The summed E-state index contributed by atoms with van der Waals surface area (Å²) >= 11 is 2.90. The lowest BCUT2D eigenvalue weighted by Crippen LogP contribution is -2.25. The molecule has 2 heterocycles. The van der Waals surface area contributed by atoms with Crippen LogP contribution < -0.4 is 11.0 Å². The Labute approximate surface area is 110 Å². The van der Waals surface area contributed by atoms with Crippen LogP contribution >= 0.6 is 23.1 Å². The van der Waals surface area contributed by atoms with Crippen molar-refractivity contribution in [3.05, 3.63) is 27.4 Å². The molecule has 3 N–H and O–H groups in total. The van der Waals surface area contributed by atoms with Gasteiger partial charge in [-0.05, 0) is 6.92 Å². The van der Waals surface area contributed by atoms with Gasteiger partial charge in [0.1, 0.15) is 5.82 Å². The molecule has 0 aliphatic heterocycles. The van der Waals surface area contributed by atoms with Gasteiger partial charge in [0.05, 0.1) is 12.3 Å². The third kappa shape index (κ3) is 3.70. The molecule has 0 atom stereocenters. The molecule has 1 amide bonds. The number of rotatable bonds is 5. The Balaban J connectivity index is 1.74. The molecule has 9 heteroatoms. The van der Waals surface area contributed by atoms with E-state index >= 15 is 0 Å². The third-order valence-electron chi connectivity index (χ3n) is 1.93. The Kier molecular flexibility index (Phi) is 4.15. The summed E-state index contributed by atoms with van der Waals surface area (Å²) < 4.78 is 0.871. The molecule has 2 aromatic heterocycles. The number of carbonyl (C=O) groups excluding carboxylic acids is 1. The second kappa shape index (κ2) is 5.83. The van der Waals surface area contributed by atoms with Gasteiger partial charge in [0.2, 0.25) is 5.91 Å². The maximum absolute atomic E-state index is 11.5. The quantitative estimate of drug-likeness (QED) is 0.684. The van der Waals surface area contributed by atoms with Crippen molar-refractivity contribution >= 4 is 29.0 Å². The molecule has 0 saturated carbocycles. The van der Waals surface area contributed by atoms with Crippen LogP contribution in [0.3, 0.4) is 0 Å². The van der Waals surface area contributed by atoms with Crippen molar-refractivity contribution in [1.29, 1.82) is 0 Å². The van der Waals surface area contributed by atoms with Crippen molar-refractivity contribution < 1.29 is 4.79 Å². The van der Waals surface area contributed by atoms with E-state index in [0.29, 0.717) is 11.6 Å². The molecule has 0 aromatic carbocycles. The highest BCUT2D eigenvalue weighted by Gasteiger charge is 2.06. The SMILES string of the molecule is Cc1csc(SCC(=O)NCc2n[nH]c(=O)[nH]2)n1. The van der Waals surface area contributed by atoms with Crippen molar-refractivity contribution in [2.45, 2.75) is 17.8 Å². The molecule has 0 bridgehead atoms. The summed E-state index contributed by atoms with van der Waals surface area (Å²) in [5.41, 5.74) is 0.573. The molecule has 0 spiro atoms. The second-order valence-corrected chi connectivity index (χ2v) is 5.53. The topological polar surface area (TPSA) is 104 Å². The lowest BCUT2D eigenvalue weighted by molar-refractivity contribution is -0.118. The summed E-state index contributed by atoms with van der Waals surface area (Å²) in [5, 5.41) is 10.5. The number of hydrogen-bond acceptors (Lipinski definition) is 6. The Hall–Kier alpha value is -1.61. The van der Waals surface area contributed by atoms with Crippen LogP contribution in [0.1, 0.15) is 11.5 Å². The van der Waals surface area contributed by atoms with E-state index in [1.165, 1.54) is 23.1 Å². The zero-order chi connectivity index (χ0) is 13.0. The van der Waals surface area contributed by atoms with Gasteiger partial charge in [0.25, 0.3) is 0 Å². The molecular weight excluding hydrogens is 274 g/mol. The predicted octanol–water partition coefficient (Wildman–Crippen LogP) is 0.271. The minimum atomic E-state index is -0.383. The van der Waals surface area contributed by atoms with Crippen LogP contribution in [0.2, 0.25) is 0 Å². The zero-order valence-electron chi connectivity index (χ0n) is 9.52. The molecule has 18 heavy (non-hydrogen) atoms. The van der Waals surface area contributed by atoms with Gasteiger partial charge >= 0.3 is 5.69 Å². The summed E-state index contributed by atoms with van der Waals surface area (Å²) in [5.74, 6) is 0.571. The highest BCUT2D eigenvalue weighted by molar-refractivity contribution is 8.01. The van der Waals surface area contributed by atoms with Crippen molar-refractivity contribution in [1.82, 2.24) is 25.5 Å². The van der Waals surface area contributed by atoms with Crippen LogP contribution in [-0.4, -0.2) is 31.8 Å². The van der Waals surface area contributed by atoms with Crippen LogP contribution in [0.25, 0.3) is 0 Å². The minimum absolute atomic E-state index is 0.128. The number of nitrogens with one attached hydrogen (secondary N) is 3. The van der Waals surface area contributed by atoms with Gasteiger partial charge in [0.15, 0.2) is 4.34 Å². The van der Waals surface area contributed by atoms with Crippen LogP contribution in [0.15, 0.2) is 14.5 Å². The van der Waals surface area contributed by atoms with E-state index in [1.807, 2.05) is 12.3 Å². The number of aromatic nitrogens is 4. The number of hydrogen-bond donors (Lipinski definition) is 3. The van der Waals surface area contributed by atoms with Crippen molar-refractivity contribution in [2.24, 2.45) is 0 Å². The smallest absolute Gasteiger partial charge is 0.340 e. The fourth-order valence-corrected chi connectivity index (χ4v) is 2.83. The van der Waals surface area contributed by atoms with Gasteiger partial charge in [-0.1, -0.05) is 11.8 Å². The average Bonchev–Trinajstić information content (AvgIpc) is 2.93. The summed E-state index contributed by atoms with van der Waals surface area (Å²) in [4.78, 5) is 29.0. The van der Waals surface area contributed by atoms with E-state index in [4.69, 9.17) is 0 Å². The first-order chi connectivity index (χ1) is 8.63. The molecule has 7 nitrogen and oxygen atoms in total. The van der Waals surface area contributed by atoms with Crippen LogP contribution in [-0.2, 0) is 11.3 Å². The number of thioether (sulfide) groups is 1. The lowest BCUT2D eigenvalue weighted by Gasteiger charge is -2.00. The maximum Gasteiger partial charge on any atom is 0.340 e. The van der Waals surface area contributed by atoms with Gasteiger partial charge in [-0.25, -0.2) is 14.9 Å². The first-order valence-corrected chi connectivity index (χ1v) is 6.95. The van der Waals surface area contributed by atoms with Gasteiger partial charge in [-0.15, -0.1) is 11.3 Å². The van der Waals surface area contributed by atoms with Gasteiger partial charge < -0.3 is 5.32 Å². The zero-order valence-corrected chi connectivity index (χ0v) is 11.2. The van der Waals surface area contributed by atoms with E-state index in [-0.39, 0.29) is 18.1 Å². The van der Waals surface area contributed by atoms with Crippen LogP contribution in [0.4, 0.5) is 0 Å². The molecule has 0 unspecified atom stereocenters. The molecule has 0 aliphatic carbocycles. The normalized spacial score (nSPS) is 10.5. The monoisotopic (exact) mass is 285 g/mol. The minimum Gasteiger partial charge on any atom is -0.348 e. The first kappa shape index (κ1) is 12.8. The fourth-order valence-electron chi connectivity index (χ4n) is 1.15. The van der Waals surface area contributed by atoms with E-state index in [9.17, 15) is 9.59 Å². The predicted molar refractivity (Wildman–Crippen MR) is 68.6 cm³/mol. The lowest BCUT2D eigenvalue weighted by atomic mass is 10.5. The Morgan fingerprint density at radius 1 is 1.61 bits per heavy atom. The number of aryl methyl sites for hydroxylation is 1. The van der Waals surface area contributed by atoms with Crippen LogP contribution in [0, 0.1) is 6.92 Å². The molecule has 2 aromatic rings. The van der Waals surface area contributed by atoms with Gasteiger partial charge in [-0.2, -0.15) is 5.10 Å². The van der Waals surface area contributed by atoms with E-state index in [1.54, 1.807) is 0 Å². The largest absolute Gasteiger partial charge is 0.348 e. The second-order valence-electron chi connectivity index (χ2n) is 3.44. The summed E-state index contributed by atoms with van der Waals surface area (Å²) in [7, 11) is 0. The molecule has 0 saturated heterocycles. The molecule has 0 radical (unpaired) electrons.